The van der Waals surface area contributed by atoms with E-state index in [4.69, 9.17) is 4.74 Å². The van der Waals surface area contributed by atoms with Crippen molar-refractivity contribution in [3.8, 4) is 5.75 Å². The summed E-state index contributed by atoms with van der Waals surface area (Å²) in [4.78, 5) is 10.1. The summed E-state index contributed by atoms with van der Waals surface area (Å²) < 4.78 is 5.59. The number of rotatable bonds is 3. The molecule has 0 spiro atoms. The highest BCUT2D eigenvalue weighted by Crippen LogP contribution is 2.24. The second kappa shape index (κ2) is 3.91. The van der Waals surface area contributed by atoms with Crippen LogP contribution < -0.4 is 9.47 Å². The molecule has 0 unspecified atom stereocenters. The summed E-state index contributed by atoms with van der Waals surface area (Å²) >= 11 is 0. The first kappa shape index (κ1) is 10.2. The molecule has 1 N–H and O–H groups in total. The lowest BCUT2D eigenvalue weighted by atomic mass is 10.2. The molecule has 0 aliphatic rings. The van der Waals surface area contributed by atoms with E-state index in [2.05, 4.69) is 0 Å². The van der Waals surface area contributed by atoms with Gasteiger partial charge in [0.1, 0.15) is 0 Å². The fourth-order valence-corrected chi connectivity index (χ4v) is 1.12. The summed E-state index contributed by atoms with van der Waals surface area (Å²) in [7, 11) is 1.31. The van der Waals surface area contributed by atoms with Crippen molar-refractivity contribution in [2.45, 2.75) is 13.3 Å². The van der Waals surface area contributed by atoms with Crippen LogP contribution in [-0.2, 0) is 6.42 Å². The average molecular weight is 199 g/mol. The topological polar surface area (TPSA) is 76.5 Å². The van der Waals surface area contributed by atoms with Crippen LogP contribution in [0.4, 0.5) is 5.69 Å². The van der Waals surface area contributed by atoms with E-state index in [-0.39, 0.29) is 11.4 Å². The molecule has 6 heteroatoms. The molecule has 1 aromatic rings. The number of ether oxygens (including phenoxy) is 1. The molecule has 14 heavy (non-hydrogen) atoms. The third kappa shape index (κ3) is 1.73. The van der Waals surface area contributed by atoms with Crippen LogP contribution in [0.25, 0.3) is 0 Å². The van der Waals surface area contributed by atoms with Gasteiger partial charge in [0.25, 0.3) is 11.9 Å². The lowest BCUT2D eigenvalue weighted by Crippen LogP contribution is -2.34. The maximum absolute atomic E-state index is 10.6. The Labute approximate surface area is 80.5 Å². The van der Waals surface area contributed by atoms with E-state index < -0.39 is 4.92 Å². The van der Waals surface area contributed by atoms with Crippen molar-refractivity contribution in [3.05, 3.63) is 28.1 Å². The Kier molecular flexibility index (Phi) is 2.85. The van der Waals surface area contributed by atoms with Gasteiger partial charge in [0.15, 0.2) is 0 Å². The van der Waals surface area contributed by atoms with E-state index in [1.54, 1.807) is 6.92 Å². The van der Waals surface area contributed by atoms with E-state index in [1.165, 1.54) is 19.4 Å². The molecule has 1 heterocycles. The van der Waals surface area contributed by atoms with Crippen LogP contribution in [-0.4, -0.2) is 17.2 Å². The van der Waals surface area contributed by atoms with Gasteiger partial charge in [-0.05, 0) is 0 Å². The first-order chi connectivity index (χ1) is 6.60. The summed E-state index contributed by atoms with van der Waals surface area (Å²) in [5.41, 5.74) is 0.312. The number of nitrogens with zero attached hydrogens (tertiary/aromatic N) is 2. The van der Waals surface area contributed by atoms with Gasteiger partial charge in [0, 0.05) is 11.2 Å². The van der Waals surface area contributed by atoms with Gasteiger partial charge in [-0.2, -0.15) is 0 Å². The van der Waals surface area contributed by atoms with Gasteiger partial charge in [-0.15, -0.1) is 0 Å². The van der Waals surface area contributed by atoms with Gasteiger partial charge in [0.2, 0.25) is 5.69 Å². The van der Waals surface area contributed by atoms with Crippen LogP contribution in [0.1, 0.15) is 12.6 Å². The molecule has 1 rings (SSSR count). The zero-order chi connectivity index (χ0) is 10.7. The summed E-state index contributed by atoms with van der Waals surface area (Å²) in [6.07, 6.45) is 1.68. The number of hydrogen-bond donors (Lipinski definition) is 1. The van der Waals surface area contributed by atoms with Crippen LogP contribution >= 0.6 is 0 Å². The van der Waals surface area contributed by atoms with Crippen molar-refractivity contribution in [3.63, 3.8) is 0 Å². The summed E-state index contributed by atoms with van der Waals surface area (Å²) in [5, 5.41) is 19.9. The van der Waals surface area contributed by atoms with Crippen molar-refractivity contribution in [1.82, 2.24) is 0 Å². The van der Waals surface area contributed by atoms with E-state index in [0.717, 1.165) is 4.73 Å². The maximum Gasteiger partial charge on any atom is 0.323 e. The smallest absolute Gasteiger partial charge is 0.323 e. The molecule has 0 radical (unpaired) electrons. The molecular weight excluding hydrogens is 188 g/mol. The van der Waals surface area contributed by atoms with Crippen LogP contribution in [0.15, 0.2) is 12.3 Å². The summed E-state index contributed by atoms with van der Waals surface area (Å²) in [5.74, 6) is 0.0368. The Hall–Kier alpha value is -1.85. The maximum atomic E-state index is 10.6. The highest BCUT2D eigenvalue weighted by Gasteiger charge is 2.23. The predicted molar refractivity (Wildman–Crippen MR) is 46.4 cm³/mol. The van der Waals surface area contributed by atoms with Crippen molar-refractivity contribution in [1.29, 1.82) is 0 Å². The lowest BCUT2D eigenvalue weighted by molar-refractivity contribution is -0.909. The molecule has 0 aliphatic carbocycles. The van der Waals surface area contributed by atoms with Gasteiger partial charge in [0.05, 0.1) is 18.1 Å². The van der Waals surface area contributed by atoms with Crippen LogP contribution in [0.5, 0.6) is 5.75 Å². The Morgan fingerprint density at radius 2 is 2.36 bits per heavy atom. The Balaban J connectivity index is 3.32. The van der Waals surface area contributed by atoms with E-state index in [1.807, 2.05) is 0 Å². The van der Waals surface area contributed by atoms with Gasteiger partial charge in [-0.25, -0.2) is 0 Å². The quantitative estimate of drug-likeness (QED) is 0.336. The normalized spacial score (nSPS) is 9.86. The fraction of sp³-hybridized carbons (Fsp3) is 0.375. The van der Waals surface area contributed by atoms with E-state index in [0.29, 0.717) is 12.1 Å². The molecule has 0 saturated carbocycles. The summed E-state index contributed by atoms with van der Waals surface area (Å²) in [6, 6.07) is 1.29. The third-order valence-corrected chi connectivity index (χ3v) is 1.87. The van der Waals surface area contributed by atoms with Gasteiger partial charge in [-0.3, -0.25) is 15.3 Å². The zero-order valence-electron chi connectivity index (χ0n) is 7.93. The number of aryl methyl sites for hydroxylation is 1. The van der Waals surface area contributed by atoms with E-state index >= 15 is 0 Å². The van der Waals surface area contributed by atoms with Crippen molar-refractivity contribution in [2.75, 3.05) is 7.11 Å². The van der Waals surface area contributed by atoms with Crippen LogP contribution in [0.3, 0.4) is 0 Å². The van der Waals surface area contributed by atoms with Crippen molar-refractivity contribution in [2.24, 2.45) is 0 Å². The third-order valence-electron chi connectivity index (χ3n) is 1.87. The molecule has 0 bridgehead atoms. The second-order valence-electron chi connectivity index (χ2n) is 2.67. The Morgan fingerprint density at radius 1 is 1.71 bits per heavy atom. The minimum Gasteiger partial charge on any atom is -0.486 e. The molecule has 0 atom stereocenters. The predicted octanol–water partition coefficient (Wildman–Crippen LogP) is 0.691. The molecule has 1 aromatic heterocycles. The highest BCUT2D eigenvalue weighted by atomic mass is 16.6. The monoisotopic (exact) mass is 199 g/mol. The molecule has 0 fully saturated rings. The first-order valence-electron chi connectivity index (χ1n) is 4.06. The van der Waals surface area contributed by atoms with Crippen LogP contribution in [0, 0.1) is 10.1 Å². The Morgan fingerprint density at radius 3 is 2.79 bits per heavy atom. The molecular formula is C8H11N2O4+. The Bertz CT molecular complexity index is 365. The average Bonchev–Trinajstić information content (AvgIpc) is 2.16. The highest BCUT2D eigenvalue weighted by molar-refractivity contribution is 5.43. The number of methoxy groups -OCH3 is 1. The first-order valence-corrected chi connectivity index (χ1v) is 4.06. The largest absolute Gasteiger partial charge is 0.486 e. The number of nitro groups is 1. The molecule has 0 saturated heterocycles. The fourth-order valence-electron chi connectivity index (χ4n) is 1.12. The second-order valence-corrected chi connectivity index (χ2v) is 2.67. The summed E-state index contributed by atoms with van der Waals surface area (Å²) in [6.45, 7) is 1.79. The van der Waals surface area contributed by atoms with Crippen LogP contribution in [0.2, 0.25) is 0 Å². The van der Waals surface area contributed by atoms with Gasteiger partial charge >= 0.3 is 5.69 Å². The van der Waals surface area contributed by atoms with E-state index in [9.17, 15) is 15.3 Å². The number of pyridine rings is 1. The van der Waals surface area contributed by atoms with Crippen molar-refractivity contribution < 1.29 is 19.6 Å². The minimum absolute atomic E-state index is 0.0368. The number of aromatic nitrogens is 1. The van der Waals surface area contributed by atoms with Crippen molar-refractivity contribution >= 4 is 5.69 Å². The zero-order valence-corrected chi connectivity index (χ0v) is 7.93. The minimum atomic E-state index is -0.544. The standard InChI is InChI=1S/C8H11N2O4/c1-3-6-4-7(10(12)13)8(14-2)5-9(6)11/h4-5,11H,3H2,1-2H3/q+1. The van der Waals surface area contributed by atoms with Gasteiger partial charge in [-0.1, -0.05) is 6.92 Å². The SMILES string of the molecule is CCc1cc([N+](=O)[O-])c(OC)c[n+]1O. The molecule has 0 amide bonds. The molecule has 0 aromatic carbocycles. The molecule has 0 aliphatic heterocycles. The molecule has 76 valence electrons. The number of hydrogen-bond acceptors (Lipinski definition) is 4. The van der Waals surface area contributed by atoms with Gasteiger partial charge < -0.3 is 4.74 Å². The molecule has 6 nitrogen and oxygen atoms in total. The lowest BCUT2D eigenvalue weighted by Gasteiger charge is -1.99.